The van der Waals surface area contributed by atoms with Gasteiger partial charge in [-0.15, -0.1) is 0 Å². The first-order chi connectivity index (χ1) is 9.60. The van der Waals surface area contributed by atoms with Crippen molar-refractivity contribution in [3.05, 3.63) is 34.9 Å². The summed E-state index contributed by atoms with van der Waals surface area (Å²) in [6, 6.07) is 6.84. The highest BCUT2D eigenvalue weighted by atomic mass is 35.5. The van der Waals surface area contributed by atoms with Crippen LogP contribution < -0.4 is 0 Å². The molecular weight excluding hydrogens is 272 g/mol. The first-order valence-corrected chi connectivity index (χ1v) is 7.94. The van der Waals surface area contributed by atoms with Gasteiger partial charge < -0.3 is 4.74 Å². The molecule has 0 aliphatic rings. The maximum atomic E-state index is 12.0. The van der Waals surface area contributed by atoms with Gasteiger partial charge >= 0.3 is 5.97 Å². The summed E-state index contributed by atoms with van der Waals surface area (Å²) < 4.78 is 5.58. The summed E-state index contributed by atoms with van der Waals surface area (Å²) >= 11 is 5.81. The predicted molar refractivity (Wildman–Crippen MR) is 84.3 cm³/mol. The molecule has 1 aromatic carbocycles. The van der Waals surface area contributed by atoms with E-state index in [0.29, 0.717) is 10.6 Å². The zero-order chi connectivity index (χ0) is 15.0. The monoisotopic (exact) mass is 296 g/mol. The molecule has 0 saturated heterocycles. The molecule has 0 heterocycles. The second-order valence-electron chi connectivity index (χ2n) is 5.20. The molecule has 1 atom stereocenters. The lowest BCUT2D eigenvalue weighted by atomic mass is 9.95. The molecule has 0 spiro atoms. The maximum absolute atomic E-state index is 12.0. The molecule has 1 rings (SSSR count). The molecule has 3 heteroatoms. The van der Waals surface area contributed by atoms with E-state index in [2.05, 4.69) is 20.8 Å². The number of benzene rings is 1. The molecule has 20 heavy (non-hydrogen) atoms. The first kappa shape index (κ1) is 17.0. The van der Waals surface area contributed by atoms with E-state index < -0.39 is 0 Å². The molecule has 1 unspecified atom stereocenters. The van der Waals surface area contributed by atoms with Gasteiger partial charge in [0, 0.05) is 5.02 Å². The van der Waals surface area contributed by atoms with Crippen LogP contribution in [0.25, 0.3) is 0 Å². The Balaban J connectivity index is 2.50. The van der Waals surface area contributed by atoms with Gasteiger partial charge in [-0.25, -0.2) is 4.79 Å². The van der Waals surface area contributed by atoms with Gasteiger partial charge in [-0.3, -0.25) is 0 Å². The number of ether oxygens (including phenoxy) is 1. The summed E-state index contributed by atoms with van der Waals surface area (Å²) in [6.45, 7) is 6.50. The third-order valence-electron chi connectivity index (χ3n) is 3.86. The molecule has 2 nitrogen and oxygen atoms in total. The van der Waals surface area contributed by atoms with Gasteiger partial charge in [-0.05, 0) is 49.4 Å². The second-order valence-corrected chi connectivity index (χ2v) is 5.64. The van der Waals surface area contributed by atoms with Crippen molar-refractivity contribution in [1.29, 1.82) is 0 Å². The van der Waals surface area contributed by atoms with Crippen LogP contribution in [0, 0.1) is 5.92 Å². The highest BCUT2D eigenvalue weighted by Crippen LogP contribution is 2.19. The van der Waals surface area contributed by atoms with E-state index in [1.807, 2.05) is 0 Å². The van der Waals surface area contributed by atoms with E-state index >= 15 is 0 Å². The van der Waals surface area contributed by atoms with Crippen LogP contribution in [0.4, 0.5) is 0 Å². The molecule has 0 radical (unpaired) electrons. The smallest absolute Gasteiger partial charge is 0.338 e. The standard InChI is InChI=1S/C17H25ClO2/c1-4-13(5-2)7-12-16(6-3)20-17(19)14-8-10-15(18)11-9-14/h8-11,13,16H,4-7,12H2,1-3H3. The highest BCUT2D eigenvalue weighted by Gasteiger charge is 2.16. The Morgan fingerprint density at radius 2 is 1.65 bits per heavy atom. The van der Waals surface area contributed by atoms with Crippen molar-refractivity contribution in [1.82, 2.24) is 0 Å². The van der Waals surface area contributed by atoms with Crippen LogP contribution in [0.5, 0.6) is 0 Å². The Hall–Kier alpha value is -1.02. The lowest BCUT2D eigenvalue weighted by Gasteiger charge is -2.19. The van der Waals surface area contributed by atoms with E-state index in [-0.39, 0.29) is 12.1 Å². The Morgan fingerprint density at radius 3 is 2.15 bits per heavy atom. The largest absolute Gasteiger partial charge is 0.459 e. The Kier molecular flexibility index (Phi) is 7.68. The fourth-order valence-electron chi connectivity index (χ4n) is 2.27. The average molecular weight is 297 g/mol. The van der Waals surface area contributed by atoms with Crippen molar-refractivity contribution >= 4 is 17.6 Å². The Bertz CT molecular complexity index is 396. The number of halogens is 1. The van der Waals surface area contributed by atoms with Crippen LogP contribution in [0.15, 0.2) is 24.3 Å². The molecule has 0 bridgehead atoms. The topological polar surface area (TPSA) is 26.3 Å². The van der Waals surface area contributed by atoms with Gasteiger partial charge in [0.25, 0.3) is 0 Å². The minimum atomic E-state index is -0.252. The van der Waals surface area contributed by atoms with Crippen molar-refractivity contribution in [3.63, 3.8) is 0 Å². The van der Waals surface area contributed by atoms with Gasteiger partial charge in [-0.1, -0.05) is 45.2 Å². The first-order valence-electron chi connectivity index (χ1n) is 7.57. The van der Waals surface area contributed by atoms with Gasteiger partial charge in [0.05, 0.1) is 5.56 Å². The molecule has 0 aromatic heterocycles. The minimum absolute atomic E-state index is 0.0128. The third-order valence-corrected chi connectivity index (χ3v) is 4.11. The number of carbonyl (C=O) groups excluding carboxylic acids is 1. The van der Waals surface area contributed by atoms with Gasteiger partial charge in [-0.2, -0.15) is 0 Å². The van der Waals surface area contributed by atoms with Crippen LogP contribution >= 0.6 is 11.6 Å². The number of hydrogen-bond acceptors (Lipinski definition) is 2. The minimum Gasteiger partial charge on any atom is -0.459 e. The summed E-state index contributed by atoms with van der Waals surface area (Å²) in [7, 11) is 0. The molecule has 0 saturated carbocycles. The fourth-order valence-corrected chi connectivity index (χ4v) is 2.40. The predicted octanol–water partition coefficient (Wildman–Crippen LogP) is 5.49. The lowest BCUT2D eigenvalue weighted by molar-refractivity contribution is 0.0257. The van der Waals surface area contributed by atoms with E-state index in [9.17, 15) is 4.79 Å². The molecule has 0 amide bonds. The number of carbonyl (C=O) groups is 1. The van der Waals surface area contributed by atoms with Crippen LogP contribution in [0.3, 0.4) is 0 Å². The van der Waals surface area contributed by atoms with Crippen molar-refractivity contribution in [2.45, 2.75) is 59.0 Å². The SMILES string of the molecule is CCC(CC)CCC(CC)OC(=O)c1ccc(Cl)cc1. The van der Waals surface area contributed by atoms with E-state index in [4.69, 9.17) is 16.3 Å². The lowest BCUT2D eigenvalue weighted by Crippen LogP contribution is -2.18. The average Bonchev–Trinajstić information content (AvgIpc) is 2.47. The van der Waals surface area contributed by atoms with Crippen LogP contribution in [0.1, 0.15) is 63.2 Å². The van der Waals surface area contributed by atoms with Crippen molar-refractivity contribution in [2.24, 2.45) is 5.92 Å². The summed E-state index contributed by atoms with van der Waals surface area (Å²) in [5, 5.41) is 0.627. The molecule has 0 fully saturated rings. The van der Waals surface area contributed by atoms with Crippen LogP contribution in [-0.4, -0.2) is 12.1 Å². The Morgan fingerprint density at radius 1 is 1.05 bits per heavy atom. The summed E-state index contributed by atoms with van der Waals surface area (Å²) in [5.41, 5.74) is 0.565. The van der Waals surface area contributed by atoms with E-state index in [1.54, 1.807) is 24.3 Å². The number of hydrogen-bond donors (Lipinski definition) is 0. The Labute approximate surface area is 127 Å². The van der Waals surface area contributed by atoms with Gasteiger partial charge in [0.1, 0.15) is 6.10 Å². The highest BCUT2D eigenvalue weighted by molar-refractivity contribution is 6.30. The molecule has 112 valence electrons. The number of esters is 1. The van der Waals surface area contributed by atoms with E-state index in [1.165, 1.54) is 12.8 Å². The molecule has 0 aliphatic carbocycles. The van der Waals surface area contributed by atoms with Crippen molar-refractivity contribution in [3.8, 4) is 0 Å². The third kappa shape index (κ3) is 5.54. The maximum Gasteiger partial charge on any atom is 0.338 e. The van der Waals surface area contributed by atoms with Gasteiger partial charge in [0.2, 0.25) is 0 Å². The van der Waals surface area contributed by atoms with Crippen LogP contribution in [0.2, 0.25) is 5.02 Å². The van der Waals surface area contributed by atoms with E-state index in [0.717, 1.165) is 25.2 Å². The quantitative estimate of drug-likeness (QED) is 0.593. The number of rotatable bonds is 8. The summed E-state index contributed by atoms with van der Waals surface area (Å²) in [5.74, 6) is 0.483. The van der Waals surface area contributed by atoms with Crippen molar-refractivity contribution in [2.75, 3.05) is 0 Å². The van der Waals surface area contributed by atoms with Crippen molar-refractivity contribution < 1.29 is 9.53 Å². The normalized spacial score (nSPS) is 12.4. The summed E-state index contributed by atoms with van der Waals surface area (Å²) in [4.78, 5) is 12.0. The molecule has 0 aliphatic heterocycles. The molecule has 0 N–H and O–H groups in total. The zero-order valence-electron chi connectivity index (χ0n) is 12.7. The fraction of sp³-hybridized carbons (Fsp3) is 0.588. The molecule has 1 aromatic rings. The van der Waals surface area contributed by atoms with Gasteiger partial charge in [0.15, 0.2) is 0 Å². The zero-order valence-corrected chi connectivity index (χ0v) is 13.5. The molecular formula is C17H25ClO2. The summed E-state index contributed by atoms with van der Waals surface area (Å²) in [6.07, 6.45) is 5.33. The van der Waals surface area contributed by atoms with Crippen LogP contribution in [-0.2, 0) is 4.74 Å². The second kappa shape index (κ2) is 9.02.